The number of likely N-dealkylation sites (tertiary alicyclic amines) is 1. The number of nitrogen functional groups attached to an aromatic ring is 1. The van der Waals surface area contributed by atoms with E-state index in [9.17, 15) is 9.59 Å². The fraction of sp³-hybridized carbons (Fsp3) is 0.500. The van der Waals surface area contributed by atoms with E-state index >= 15 is 0 Å². The Morgan fingerprint density at radius 3 is 2.65 bits per heavy atom. The first-order valence-electron chi connectivity index (χ1n) is 6.76. The second kappa shape index (κ2) is 5.90. The number of anilines is 1. The molecule has 0 bridgehead atoms. The van der Waals surface area contributed by atoms with Crippen molar-refractivity contribution in [1.29, 1.82) is 0 Å². The van der Waals surface area contributed by atoms with Crippen LogP contribution in [0.5, 0.6) is 0 Å². The maximum atomic E-state index is 12.4. The number of hydrogen-bond acceptors (Lipinski definition) is 4. The van der Waals surface area contributed by atoms with Gasteiger partial charge < -0.3 is 16.0 Å². The molecule has 0 aliphatic carbocycles. The van der Waals surface area contributed by atoms with E-state index in [0.717, 1.165) is 0 Å². The second-order valence-corrected chi connectivity index (χ2v) is 5.08. The Labute approximate surface area is 118 Å². The average Bonchev–Trinajstić information content (AvgIpc) is 2.48. The summed E-state index contributed by atoms with van der Waals surface area (Å²) in [5.41, 5.74) is 7.40. The molecule has 0 radical (unpaired) electrons. The molecule has 108 valence electrons. The number of piperidine rings is 1. The van der Waals surface area contributed by atoms with Crippen LogP contribution in [0.3, 0.4) is 0 Å². The van der Waals surface area contributed by atoms with Crippen LogP contribution in [0.1, 0.15) is 28.9 Å². The number of nitrogens with zero attached hydrogens (tertiary/aromatic N) is 2. The summed E-state index contributed by atoms with van der Waals surface area (Å²) >= 11 is 0. The Bertz CT molecular complexity index is 522. The zero-order valence-corrected chi connectivity index (χ0v) is 11.8. The largest absolute Gasteiger partial charge is 0.397 e. The standard InChI is InChI=1S/C14H20N4O2/c1-9-12(7-11(15)8-17-9)14(20)18-5-3-10(4-6-18)13(19)16-2/h7-8,10H,3-6,15H2,1-2H3,(H,16,19). The lowest BCUT2D eigenvalue weighted by atomic mass is 9.95. The van der Waals surface area contributed by atoms with E-state index < -0.39 is 0 Å². The number of rotatable bonds is 2. The van der Waals surface area contributed by atoms with E-state index in [-0.39, 0.29) is 17.7 Å². The Morgan fingerprint density at radius 1 is 1.40 bits per heavy atom. The average molecular weight is 276 g/mol. The molecule has 0 unspecified atom stereocenters. The predicted molar refractivity (Wildman–Crippen MR) is 76.1 cm³/mol. The molecule has 1 aliphatic heterocycles. The van der Waals surface area contributed by atoms with Crippen LogP contribution < -0.4 is 11.1 Å². The van der Waals surface area contributed by atoms with Gasteiger partial charge in [-0.3, -0.25) is 14.6 Å². The lowest BCUT2D eigenvalue weighted by molar-refractivity contribution is -0.125. The van der Waals surface area contributed by atoms with Crippen LogP contribution in [-0.4, -0.2) is 41.8 Å². The molecule has 2 amide bonds. The molecule has 6 nitrogen and oxygen atoms in total. The van der Waals surface area contributed by atoms with Crippen molar-refractivity contribution in [2.45, 2.75) is 19.8 Å². The number of aryl methyl sites for hydroxylation is 1. The molecular formula is C14H20N4O2. The van der Waals surface area contributed by atoms with Crippen LogP contribution in [0.2, 0.25) is 0 Å². The van der Waals surface area contributed by atoms with Crippen molar-refractivity contribution in [3.05, 3.63) is 23.5 Å². The van der Waals surface area contributed by atoms with Gasteiger partial charge in [-0.05, 0) is 25.8 Å². The molecule has 1 aromatic heterocycles. The monoisotopic (exact) mass is 276 g/mol. The summed E-state index contributed by atoms with van der Waals surface area (Å²) in [5, 5.41) is 2.66. The predicted octanol–water partition coefficient (Wildman–Crippen LogP) is 0.570. The van der Waals surface area contributed by atoms with Crippen molar-refractivity contribution in [3.63, 3.8) is 0 Å². The van der Waals surface area contributed by atoms with Crippen molar-refractivity contribution in [1.82, 2.24) is 15.2 Å². The van der Waals surface area contributed by atoms with Crippen LogP contribution in [0.25, 0.3) is 0 Å². The molecule has 1 aromatic rings. The molecule has 20 heavy (non-hydrogen) atoms. The van der Waals surface area contributed by atoms with E-state index in [1.165, 1.54) is 0 Å². The van der Waals surface area contributed by atoms with Gasteiger partial charge in [-0.25, -0.2) is 0 Å². The topological polar surface area (TPSA) is 88.3 Å². The highest BCUT2D eigenvalue weighted by molar-refractivity contribution is 5.96. The van der Waals surface area contributed by atoms with E-state index in [2.05, 4.69) is 10.3 Å². The Kier molecular flexibility index (Phi) is 4.22. The lowest BCUT2D eigenvalue weighted by Crippen LogP contribution is -2.42. The van der Waals surface area contributed by atoms with Crippen molar-refractivity contribution >= 4 is 17.5 Å². The van der Waals surface area contributed by atoms with Gasteiger partial charge in [0.2, 0.25) is 5.91 Å². The molecule has 0 aromatic carbocycles. The Hall–Kier alpha value is -2.11. The SMILES string of the molecule is CNC(=O)C1CCN(C(=O)c2cc(N)cnc2C)CC1. The first-order chi connectivity index (χ1) is 9.52. The lowest BCUT2D eigenvalue weighted by Gasteiger charge is -2.31. The maximum Gasteiger partial charge on any atom is 0.255 e. The first-order valence-corrected chi connectivity index (χ1v) is 6.76. The number of carbonyl (C=O) groups is 2. The number of amides is 2. The van der Waals surface area contributed by atoms with E-state index in [1.54, 1.807) is 31.1 Å². The fourth-order valence-electron chi connectivity index (χ4n) is 2.49. The molecule has 0 saturated carbocycles. The van der Waals surface area contributed by atoms with E-state index in [0.29, 0.717) is 42.9 Å². The number of carbonyl (C=O) groups excluding carboxylic acids is 2. The molecule has 3 N–H and O–H groups in total. The third kappa shape index (κ3) is 2.89. The number of nitrogens with two attached hydrogens (primary N) is 1. The van der Waals surface area contributed by atoms with Crippen molar-refractivity contribution in [3.8, 4) is 0 Å². The van der Waals surface area contributed by atoms with Crippen LogP contribution in [0.4, 0.5) is 5.69 Å². The van der Waals surface area contributed by atoms with Crippen LogP contribution in [0, 0.1) is 12.8 Å². The summed E-state index contributed by atoms with van der Waals surface area (Å²) in [6.45, 7) is 2.97. The maximum absolute atomic E-state index is 12.4. The smallest absolute Gasteiger partial charge is 0.255 e. The van der Waals surface area contributed by atoms with Crippen LogP contribution in [0.15, 0.2) is 12.3 Å². The van der Waals surface area contributed by atoms with E-state index in [4.69, 9.17) is 5.73 Å². The molecule has 0 spiro atoms. The number of hydrogen-bond donors (Lipinski definition) is 2. The minimum Gasteiger partial charge on any atom is -0.397 e. The van der Waals surface area contributed by atoms with Gasteiger partial charge in [0.1, 0.15) is 0 Å². The van der Waals surface area contributed by atoms with Gasteiger partial charge in [-0.15, -0.1) is 0 Å². The summed E-state index contributed by atoms with van der Waals surface area (Å²) in [5.74, 6) is 0.000623. The molecule has 2 heterocycles. The summed E-state index contributed by atoms with van der Waals surface area (Å²) in [6, 6.07) is 1.66. The van der Waals surface area contributed by atoms with Gasteiger partial charge in [-0.2, -0.15) is 0 Å². The number of nitrogens with one attached hydrogen (secondary N) is 1. The highest BCUT2D eigenvalue weighted by Gasteiger charge is 2.28. The highest BCUT2D eigenvalue weighted by Crippen LogP contribution is 2.20. The highest BCUT2D eigenvalue weighted by atomic mass is 16.2. The minimum absolute atomic E-state index is 0.00381. The summed E-state index contributed by atoms with van der Waals surface area (Å²) in [4.78, 5) is 29.9. The zero-order valence-electron chi connectivity index (χ0n) is 11.8. The van der Waals surface area contributed by atoms with Crippen LogP contribution >= 0.6 is 0 Å². The van der Waals surface area contributed by atoms with Gasteiger partial charge in [0.15, 0.2) is 0 Å². The summed E-state index contributed by atoms with van der Waals surface area (Å²) in [7, 11) is 1.64. The normalized spacial score (nSPS) is 16.0. The zero-order chi connectivity index (χ0) is 14.7. The molecule has 1 aliphatic rings. The molecule has 1 saturated heterocycles. The third-order valence-corrected chi connectivity index (χ3v) is 3.74. The molecular weight excluding hydrogens is 256 g/mol. The Balaban J connectivity index is 2.05. The van der Waals surface area contributed by atoms with Gasteiger partial charge in [-0.1, -0.05) is 0 Å². The second-order valence-electron chi connectivity index (χ2n) is 5.08. The van der Waals surface area contributed by atoms with Crippen molar-refractivity contribution in [2.24, 2.45) is 5.92 Å². The van der Waals surface area contributed by atoms with Gasteiger partial charge in [0.25, 0.3) is 5.91 Å². The Morgan fingerprint density at radius 2 is 2.05 bits per heavy atom. The quantitative estimate of drug-likeness (QED) is 0.826. The van der Waals surface area contributed by atoms with Crippen molar-refractivity contribution in [2.75, 3.05) is 25.9 Å². The molecule has 0 atom stereocenters. The van der Waals surface area contributed by atoms with Crippen LogP contribution in [-0.2, 0) is 4.79 Å². The van der Waals surface area contributed by atoms with Gasteiger partial charge >= 0.3 is 0 Å². The van der Waals surface area contributed by atoms with Gasteiger partial charge in [0.05, 0.1) is 23.1 Å². The number of aromatic nitrogens is 1. The minimum atomic E-state index is -0.0577. The summed E-state index contributed by atoms with van der Waals surface area (Å²) in [6.07, 6.45) is 2.93. The number of pyridine rings is 1. The van der Waals surface area contributed by atoms with Crippen molar-refractivity contribution < 1.29 is 9.59 Å². The van der Waals surface area contributed by atoms with Gasteiger partial charge in [0, 0.05) is 26.1 Å². The third-order valence-electron chi connectivity index (χ3n) is 3.74. The molecule has 2 rings (SSSR count). The molecule has 1 fully saturated rings. The summed E-state index contributed by atoms with van der Waals surface area (Å²) < 4.78 is 0. The molecule has 6 heteroatoms. The fourth-order valence-corrected chi connectivity index (χ4v) is 2.49. The van der Waals surface area contributed by atoms with E-state index in [1.807, 2.05) is 0 Å². The first kappa shape index (κ1) is 14.3.